The minimum Gasteiger partial charge on any atom is -0.367 e. The molecule has 0 radical (unpaired) electrons. The normalized spacial score (nSPS) is 29.4. The Morgan fingerprint density at radius 3 is 2.59 bits per heavy atom. The number of benzene rings is 1. The number of alkyl halides is 1. The van der Waals surface area contributed by atoms with Gasteiger partial charge in [0.15, 0.2) is 0 Å². The Morgan fingerprint density at radius 2 is 1.88 bits per heavy atom. The predicted octanol–water partition coefficient (Wildman–Crippen LogP) is 4.24. The van der Waals surface area contributed by atoms with Gasteiger partial charge in [-0.25, -0.2) is 0 Å². The molecule has 2 heteroatoms. The van der Waals surface area contributed by atoms with Crippen molar-refractivity contribution in [1.82, 2.24) is 0 Å². The van der Waals surface area contributed by atoms with Crippen molar-refractivity contribution in [3.63, 3.8) is 0 Å². The van der Waals surface area contributed by atoms with Gasteiger partial charge in [0.05, 0.1) is 12.2 Å². The maximum absolute atomic E-state index is 5.92. The van der Waals surface area contributed by atoms with E-state index in [4.69, 9.17) is 4.74 Å². The molecule has 0 aromatic heterocycles. The molecule has 1 aliphatic heterocycles. The van der Waals surface area contributed by atoms with Crippen molar-refractivity contribution in [2.45, 2.75) is 29.0 Å². The van der Waals surface area contributed by atoms with Gasteiger partial charge in [0.2, 0.25) is 0 Å². The molecule has 0 unspecified atom stereocenters. The highest BCUT2D eigenvalue weighted by atomic mass is 127. The molecule has 0 aliphatic carbocycles. The van der Waals surface area contributed by atoms with Crippen LogP contribution in [0.1, 0.15) is 18.4 Å². The molecule has 0 bridgehead atoms. The monoisotopic (exact) mass is 340 g/mol. The number of hydrogen-bond donors (Lipinski definition) is 0. The highest BCUT2D eigenvalue weighted by Crippen LogP contribution is 2.27. The quantitative estimate of drug-likeness (QED) is 0.454. The molecular weight excluding hydrogens is 323 g/mol. The van der Waals surface area contributed by atoms with E-state index in [1.165, 1.54) is 5.56 Å². The molecule has 1 saturated heterocycles. The van der Waals surface area contributed by atoms with Crippen molar-refractivity contribution in [3.05, 3.63) is 54.6 Å². The molecule has 1 heterocycles. The first-order valence-corrected chi connectivity index (χ1v) is 7.18. The highest BCUT2D eigenvalue weighted by molar-refractivity contribution is 14.1. The van der Waals surface area contributed by atoms with E-state index in [2.05, 4.69) is 65.6 Å². The van der Waals surface area contributed by atoms with E-state index in [0.717, 1.165) is 12.8 Å². The minimum absolute atomic E-state index is 0.205. The van der Waals surface area contributed by atoms with Crippen LogP contribution in [0.2, 0.25) is 0 Å². The lowest BCUT2D eigenvalue weighted by Gasteiger charge is -2.29. The largest absolute Gasteiger partial charge is 0.367 e. The van der Waals surface area contributed by atoms with Crippen LogP contribution in [0.3, 0.4) is 0 Å². The first-order valence-electron chi connectivity index (χ1n) is 5.93. The van der Waals surface area contributed by atoms with Crippen LogP contribution in [0.15, 0.2) is 49.1 Å². The first kappa shape index (κ1) is 12.8. The van der Waals surface area contributed by atoms with Gasteiger partial charge >= 0.3 is 0 Å². The molecule has 3 atom stereocenters. The van der Waals surface area contributed by atoms with Crippen LogP contribution in [0.25, 0.3) is 6.08 Å². The van der Waals surface area contributed by atoms with Crippen molar-refractivity contribution in [1.29, 1.82) is 0 Å². The van der Waals surface area contributed by atoms with E-state index in [1.807, 2.05) is 12.1 Å². The topological polar surface area (TPSA) is 9.23 Å². The number of halogens is 1. The molecule has 90 valence electrons. The van der Waals surface area contributed by atoms with Gasteiger partial charge in [-0.1, -0.05) is 71.2 Å². The molecule has 0 N–H and O–H groups in total. The van der Waals surface area contributed by atoms with Crippen molar-refractivity contribution >= 4 is 28.7 Å². The zero-order valence-corrected chi connectivity index (χ0v) is 11.9. The lowest BCUT2D eigenvalue weighted by atomic mass is 10.0. The fourth-order valence-electron chi connectivity index (χ4n) is 1.99. The lowest BCUT2D eigenvalue weighted by molar-refractivity contribution is 0.00745. The van der Waals surface area contributed by atoms with Crippen LogP contribution in [-0.4, -0.2) is 16.1 Å². The van der Waals surface area contributed by atoms with Crippen LogP contribution in [0.4, 0.5) is 0 Å². The molecule has 1 fully saturated rings. The van der Waals surface area contributed by atoms with Crippen molar-refractivity contribution in [3.8, 4) is 0 Å². The van der Waals surface area contributed by atoms with Crippen LogP contribution in [-0.2, 0) is 4.74 Å². The van der Waals surface area contributed by atoms with E-state index in [9.17, 15) is 0 Å². The van der Waals surface area contributed by atoms with Gasteiger partial charge in [-0.2, -0.15) is 0 Å². The number of hydrogen-bond acceptors (Lipinski definition) is 1. The molecule has 1 aromatic carbocycles. The molecular formula is C15H17IO. The third-order valence-corrected chi connectivity index (χ3v) is 3.91. The zero-order valence-electron chi connectivity index (χ0n) is 9.76. The Kier molecular flexibility index (Phi) is 4.80. The molecule has 0 saturated carbocycles. The summed E-state index contributed by atoms with van der Waals surface area (Å²) in [5, 5.41) is 0. The Balaban J connectivity index is 1.98. The molecule has 0 amide bonds. The lowest BCUT2D eigenvalue weighted by Crippen LogP contribution is -2.30. The Bertz CT molecular complexity index is 385. The highest BCUT2D eigenvalue weighted by Gasteiger charge is 2.24. The Labute approximate surface area is 117 Å². The van der Waals surface area contributed by atoms with E-state index in [0.29, 0.717) is 3.92 Å². The Morgan fingerprint density at radius 1 is 1.18 bits per heavy atom. The third-order valence-electron chi connectivity index (χ3n) is 2.89. The minimum atomic E-state index is 0.205. The smallest absolute Gasteiger partial charge is 0.0777 e. The fourth-order valence-corrected chi connectivity index (χ4v) is 3.00. The summed E-state index contributed by atoms with van der Waals surface area (Å²) in [4.78, 5) is 0. The third kappa shape index (κ3) is 3.96. The van der Waals surface area contributed by atoms with Crippen molar-refractivity contribution in [2.75, 3.05) is 0 Å². The summed E-state index contributed by atoms with van der Waals surface area (Å²) in [5.74, 6) is 0. The van der Waals surface area contributed by atoms with Crippen LogP contribution in [0.5, 0.6) is 0 Å². The standard InChI is InChI=1S/C15H17IO/c1-2-14-10-13(16)11-15(17-14)9-8-12-6-4-3-5-7-12/h2-9,13-15H,1,10-11H2/b9-8+/t13-,14-,15+/m0/s1. The second-order valence-corrected chi connectivity index (χ2v) is 6.05. The average Bonchev–Trinajstić information content (AvgIpc) is 2.37. The van der Waals surface area contributed by atoms with Crippen LogP contribution in [0, 0.1) is 0 Å². The van der Waals surface area contributed by atoms with Gasteiger partial charge in [0.1, 0.15) is 0 Å². The summed E-state index contributed by atoms with van der Waals surface area (Å²) >= 11 is 2.50. The molecule has 1 aromatic rings. The van der Waals surface area contributed by atoms with Gasteiger partial charge in [0, 0.05) is 3.92 Å². The summed E-state index contributed by atoms with van der Waals surface area (Å²) in [6.45, 7) is 3.82. The molecule has 1 aliphatic rings. The van der Waals surface area contributed by atoms with Crippen LogP contribution < -0.4 is 0 Å². The fraction of sp³-hybridized carbons (Fsp3) is 0.333. The number of ether oxygens (including phenoxy) is 1. The van der Waals surface area contributed by atoms with E-state index >= 15 is 0 Å². The maximum Gasteiger partial charge on any atom is 0.0777 e. The molecule has 1 nitrogen and oxygen atoms in total. The van der Waals surface area contributed by atoms with Gasteiger partial charge < -0.3 is 4.74 Å². The summed E-state index contributed by atoms with van der Waals surface area (Å²) < 4.78 is 6.59. The van der Waals surface area contributed by atoms with Crippen LogP contribution >= 0.6 is 22.6 Å². The second-order valence-electron chi connectivity index (χ2n) is 4.29. The van der Waals surface area contributed by atoms with Gasteiger partial charge in [0.25, 0.3) is 0 Å². The molecule has 2 rings (SSSR count). The van der Waals surface area contributed by atoms with Gasteiger partial charge in [-0.05, 0) is 18.4 Å². The SMILES string of the molecule is C=C[C@H]1C[C@H](I)C[C@@H](/C=C/c2ccccc2)O1. The maximum atomic E-state index is 5.92. The van der Waals surface area contributed by atoms with Gasteiger partial charge in [-0.3, -0.25) is 0 Å². The zero-order chi connectivity index (χ0) is 12.1. The molecule has 17 heavy (non-hydrogen) atoms. The van der Waals surface area contributed by atoms with Gasteiger partial charge in [-0.15, -0.1) is 6.58 Å². The number of rotatable bonds is 3. The summed E-state index contributed by atoms with van der Waals surface area (Å²) in [6, 6.07) is 10.3. The second kappa shape index (κ2) is 6.36. The summed E-state index contributed by atoms with van der Waals surface area (Å²) in [6.07, 6.45) is 8.81. The van der Waals surface area contributed by atoms with E-state index in [1.54, 1.807) is 0 Å². The van der Waals surface area contributed by atoms with Crippen molar-refractivity contribution < 1.29 is 4.74 Å². The summed E-state index contributed by atoms with van der Waals surface area (Å²) in [7, 11) is 0. The van der Waals surface area contributed by atoms with E-state index in [-0.39, 0.29) is 12.2 Å². The van der Waals surface area contributed by atoms with E-state index < -0.39 is 0 Å². The predicted molar refractivity (Wildman–Crippen MR) is 81.4 cm³/mol. The first-order chi connectivity index (χ1) is 8.28. The molecule has 0 spiro atoms. The van der Waals surface area contributed by atoms with Crippen molar-refractivity contribution in [2.24, 2.45) is 0 Å². The summed E-state index contributed by atoms with van der Waals surface area (Å²) in [5.41, 5.74) is 1.22. The average molecular weight is 340 g/mol. The Hall–Kier alpha value is -0.610.